The third kappa shape index (κ3) is 6.10. The van der Waals surface area contributed by atoms with E-state index in [4.69, 9.17) is 11.6 Å². The van der Waals surface area contributed by atoms with E-state index in [0.29, 0.717) is 11.1 Å². The fourth-order valence-electron chi connectivity index (χ4n) is 3.56. The zero-order chi connectivity index (χ0) is 19.2. The largest absolute Gasteiger partial charge is 0.367 e. The Hall–Kier alpha value is -1.29. The molecule has 1 N–H and O–H groups in total. The molecule has 2 heterocycles. The van der Waals surface area contributed by atoms with Crippen LogP contribution in [0, 0.1) is 0 Å². The van der Waals surface area contributed by atoms with Crippen LogP contribution in [0.1, 0.15) is 25.7 Å². The standard InChI is InChI=1S/C19H29ClN6O.HI/c1-24(2)18(27)14-22-19(23-15-5-3-4-6-15)26-11-9-25(10-12-26)17-7-8-21-13-16(17)20;/h7-8,13,15H,3-6,9-12,14H2,1-2H3,(H,22,23);1H. The Labute approximate surface area is 189 Å². The Kier molecular flexibility index (Phi) is 9.07. The summed E-state index contributed by atoms with van der Waals surface area (Å²) in [6, 6.07) is 2.42. The highest BCUT2D eigenvalue weighted by Gasteiger charge is 2.24. The van der Waals surface area contributed by atoms with Crippen LogP contribution in [0.2, 0.25) is 5.02 Å². The molecular weight excluding hydrogens is 491 g/mol. The minimum atomic E-state index is 0. The number of carbonyl (C=O) groups excluding carboxylic acids is 1. The lowest BCUT2D eigenvalue weighted by atomic mass is 10.2. The van der Waals surface area contributed by atoms with E-state index in [-0.39, 0.29) is 36.4 Å². The maximum absolute atomic E-state index is 12.0. The van der Waals surface area contributed by atoms with Crippen LogP contribution in [0.3, 0.4) is 0 Å². The van der Waals surface area contributed by atoms with Gasteiger partial charge in [0.05, 0.1) is 10.7 Å². The molecule has 2 fully saturated rings. The zero-order valence-electron chi connectivity index (χ0n) is 16.6. The number of aliphatic imine (C=N–C) groups is 1. The molecule has 28 heavy (non-hydrogen) atoms. The van der Waals surface area contributed by atoms with E-state index in [1.54, 1.807) is 31.4 Å². The summed E-state index contributed by atoms with van der Waals surface area (Å²) < 4.78 is 0. The molecule has 0 spiro atoms. The predicted octanol–water partition coefficient (Wildman–Crippen LogP) is 2.45. The van der Waals surface area contributed by atoms with Crippen molar-refractivity contribution in [1.29, 1.82) is 0 Å². The molecule has 0 bridgehead atoms. The van der Waals surface area contributed by atoms with E-state index in [9.17, 15) is 4.79 Å². The summed E-state index contributed by atoms with van der Waals surface area (Å²) in [5.74, 6) is 0.875. The number of aromatic nitrogens is 1. The average Bonchev–Trinajstić information content (AvgIpc) is 3.18. The number of carbonyl (C=O) groups is 1. The van der Waals surface area contributed by atoms with Crippen molar-refractivity contribution in [2.45, 2.75) is 31.7 Å². The van der Waals surface area contributed by atoms with Gasteiger partial charge in [-0.25, -0.2) is 4.99 Å². The van der Waals surface area contributed by atoms with Crippen LogP contribution in [-0.2, 0) is 4.79 Å². The molecule has 1 aromatic rings. The summed E-state index contributed by atoms with van der Waals surface area (Å²) in [6.07, 6.45) is 8.33. The molecule has 0 atom stereocenters. The minimum Gasteiger partial charge on any atom is -0.367 e. The smallest absolute Gasteiger partial charge is 0.243 e. The first kappa shape index (κ1) is 23.0. The molecule has 1 saturated heterocycles. The van der Waals surface area contributed by atoms with Gasteiger partial charge in [0, 0.05) is 58.7 Å². The maximum Gasteiger partial charge on any atom is 0.243 e. The lowest BCUT2D eigenvalue weighted by molar-refractivity contribution is -0.127. The number of anilines is 1. The van der Waals surface area contributed by atoms with Gasteiger partial charge in [0.25, 0.3) is 0 Å². The van der Waals surface area contributed by atoms with Crippen LogP contribution in [0.5, 0.6) is 0 Å². The zero-order valence-corrected chi connectivity index (χ0v) is 19.7. The van der Waals surface area contributed by atoms with Gasteiger partial charge in [-0.3, -0.25) is 9.78 Å². The van der Waals surface area contributed by atoms with Gasteiger partial charge in [-0.2, -0.15) is 0 Å². The van der Waals surface area contributed by atoms with E-state index in [1.807, 2.05) is 6.07 Å². The molecule has 156 valence electrons. The molecule has 1 aliphatic carbocycles. The van der Waals surface area contributed by atoms with Gasteiger partial charge >= 0.3 is 0 Å². The monoisotopic (exact) mass is 520 g/mol. The lowest BCUT2D eigenvalue weighted by Crippen LogP contribution is -2.54. The third-order valence-electron chi connectivity index (χ3n) is 5.22. The Morgan fingerprint density at radius 3 is 2.57 bits per heavy atom. The van der Waals surface area contributed by atoms with E-state index in [1.165, 1.54) is 25.7 Å². The number of nitrogens with one attached hydrogen (secondary N) is 1. The topological polar surface area (TPSA) is 64.1 Å². The SMILES string of the molecule is CN(C)C(=O)CN=C(NC1CCCC1)N1CCN(c2ccncc2Cl)CC1.I. The Morgan fingerprint density at radius 1 is 1.29 bits per heavy atom. The van der Waals surface area contributed by atoms with Crippen molar-refractivity contribution >= 4 is 53.1 Å². The number of pyridine rings is 1. The number of amides is 1. The summed E-state index contributed by atoms with van der Waals surface area (Å²) >= 11 is 6.29. The first-order chi connectivity index (χ1) is 13.0. The van der Waals surface area contributed by atoms with Gasteiger partial charge in [0.2, 0.25) is 5.91 Å². The number of rotatable bonds is 4. The van der Waals surface area contributed by atoms with Crippen molar-refractivity contribution in [2.24, 2.45) is 4.99 Å². The Balaban J connectivity index is 0.00000280. The molecule has 1 saturated carbocycles. The minimum absolute atomic E-state index is 0. The number of hydrogen-bond donors (Lipinski definition) is 1. The van der Waals surface area contributed by atoms with Crippen LogP contribution in [0.25, 0.3) is 0 Å². The number of likely N-dealkylation sites (N-methyl/N-ethyl adjacent to an activating group) is 1. The summed E-state index contributed by atoms with van der Waals surface area (Å²) in [6.45, 7) is 3.58. The average molecular weight is 521 g/mol. The number of piperazine rings is 1. The summed E-state index contributed by atoms with van der Waals surface area (Å²) in [7, 11) is 3.53. The van der Waals surface area contributed by atoms with Crippen molar-refractivity contribution in [3.63, 3.8) is 0 Å². The predicted molar refractivity (Wildman–Crippen MR) is 125 cm³/mol. The van der Waals surface area contributed by atoms with E-state index in [0.717, 1.165) is 37.8 Å². The second-order valence-electron chi connectivity index (χ2n) is 7.35. The van der Waals surface area contributed by atoms with Gasteiger partial charge < -0.3 is 20.0 Å². The summed E-state index contributed by atoms with van der Waals surface area (Å²) in [5.41, 5.74) is 1.02. The van der Waals surface area contributed by atoms with E-state index >= 15 is 0 Å². The molecule has 9 heteroatoms. The van der Waals surface area contributed by atoms with Gasteiger partial charge in [-0.05, 0) is 18.9 Å². The van der Waals surface area contributed by atoms with Gasteiger partial charge in [0.15, 0.2) is 5.96 Å². The molecule has 3 rings (SSSR count). The Morgan fingerprint density at radius 2 is 1.96 bits per heavy atom. The van der Waals surface area contributed by atoms with Crippen LogP contribution >= 0.6 is 35.6 Å². The molecule has 1 aromatic heterocycles. The highest BCUT2D eigenvalue weighted by Crippen LogP contribution is 2.25. The van der Waals surface area contributed by atoms with Crippen LogP contribution in [0.15, 0.2) is 23.5 Å². The van der Waals surface area contributed by atoms with Crippen LogP contribution in [-0.4, -0.2) is 79.5 Å². The second-order valence-corrected chi connectivity index (χ2v) is 7.76. The number of guanidine groups is 1. The molecule has 1 amide bonds. The molecule has 2 aliphatic rings. The van der Waals surface area contributed by atoms with Gasteiger partial charge in [-0.15, -0.1) is 24.0 Å². The number of nitrogens with zero attached hydrogens (tertiary/aromatic N) is 5. The van der Waals surface area contributed by atoms with Crippen LogP contribution < -0.4 is 10.2 Å². The van der Waals surface area contributed by atoms with E-state index in [2.05, 4.69) is 25.1 Å². The van der Waals surface area contributed by atoms with Crippen molar-refractivity contribution in [1.82, 2.24) is 20.1 Å². The fraction of sp³-hybridized carbons (Fsp3) is 0.632. The fourth-order valence-corrected chi connectivity index (χ4v) is 3.80. The molecule has 1 aliphatic heterocycles. The molecular formula is C19H30ClIN6O. The summed E-state index contributed by atoms with van der Waals surface area (Å²) in [4.78, 5) is 26.8. The highest BCUT2D eigenvalue weighted by atomic mass is 127. The maximum atomic E-state index is 12.0. The second kappa shape index (κ2) is 11.0. The van der Waals surface area contributed by atoms with E-state index < -0.39 is 0 Å². The van der Waals surface area contributed by atoms with Crippen molar-refractivity contribution in [2.75, 3.05) is 51.7 Å². The number of hydrogen-bond acceptors (Lipinski definition) is 4. The molecule has 0 aromatic carbocycles. The van der Waals surface area contributed by atoms with Crippen LogP contribution in [0.4, 0.5) is 5.69 Å². The van der Waals surface area contributed by atoms with Crippen molar-refractivity contribution in [3.8, 4) is 0 Å². The van der Waals surface area contributed by atoms with Gasteiger partial charge in [0.1, 0.15) is 6.54 Å². The lowest BCUT2D eigenvalue weighted by Gasteiger charge is -2.38. The molecule has 0 unspecified atom stereocenters. The first-order valence-corrected chi connectivity index (χ1v) is 10.0. The molecule has 7 nitrogen and oxygen atoms in total. The first-order valence-electron chi connectivity index (χ1n) is 9.65. The third-order valence-corrected chi connectivity index (χ3v) is 5.51. The van der Waals surface area contributed by atoms with Gasteiger partial charge in [-0.1, -0.05) is 24.4 Å². The summed E-state index contributed by atoms with van der Waals surface area (Å²) in [5, 5.41) is 4.28. The normalized spacial score (nSPS) is 18.0. The Bertz CT molecular complexity index is 672. The van der Waals surface area contributed by atoms with Crippen molar-refractivity contribution in [3.05, 3.63) is 23.5 Å². The quantitative estimate of drug-likeness (QED) is 0.375. The van der Waals surface area contributed by atoms with Crippen molar-refractivity contribution < 1.29 is 4.79 Å². The highest BCUT2D eigenvalue weighted by molar-refractivity contribution is 14.0. The molecule has 0 radical (unpaired) electrons. The number of halogens is 2.